The normalized spacial score (nSPS) is 20.1. The van der Waals surface area contributed by atoms with Crippen LogP contribution in [0.15, 0.2) is 22.7 Å². The molecule has 1 amide bonds. The van der Waals surface area contributed by atoms with Crippen molar-refractivity contribution in [2.45, 2.75) is 13.0 Å². The van der Waals surface area contributed by atoms with Crippen molar-refractivity contribution in [2.24, 2.45) is 5.92 Å². The van der Waals surface area contributed by atoms with Gasteiger partial charge in [-0.25, -0.2) is 0 Å². The van der Waals surface area contributed by atoms with Crippen LogP contribution in [0.1, 0.15) is 28.9 Å². The topological polar surface area (TPSA) is 66.4 Å². The summed E-state index contributed by atoms with van der Waals surface area (Å²) in [6.07, 6.45) is 0. The van der Waals surface area contributed by atoms with Gasteiger partial charge < -0.3 is 10.4 Å². The summed E-state index contributed by atoms with van der Waals surface area (Å²) in [5.41, 5.74) is 1.30. The van der Waals surface area contributed by atoms with Gasteiger partial charge in [0.25, 0.3) is 5.91 Å². The van der Waals surface area contributed by atoms with Gasteiger partial charge in [0.15, 0.2) is 0 Å². The van der Waals surface area contributed by atoms with E-state index in [-0.39, 0.29) is 5.91 Å². The minimum atomic E-state index is -0.916. The third kappa shape index (κ3) is 1.71. The highest BCUT2D eigenvalue weighted by atomic mass is 79.9. The lowest BCUT2D eigenvalue weighted by Crippen LogP contribution is -2.28. The molecule has 5 heteroatoms. The number of carbonyl (C=O) groups is 2. The van der Waals surface area contributed by atoms with E-state index in [1.807, 2.05) is 0 Å². The van der Waals surface area contributed by atoms with Gasteiger partial charge in [-0.05, 0) is 24.6 Å². The van der Waals surface area contributed by atoms with E-state index < -0.39 is 17.9 Å². The Bertz CT molecular complexity index is 472. The number of halogens is 1. The number of hydrogen-bond acceptors (Lipinski definition) is 2. The molecule has 1 aromatic rings. The number of hydrogen-bond donors (Lipinski definition) is 2. The van der Waals surface area contributed by atoms with E-state index in [1.54, 1.807) is 25.1 Å². The Balaban J connectivity index is 2.43. The fourth-order valence-corrected chi connectivity index (χ4v) is 2.19. The zero-order valence-corrected chi connectivity index (χ0v) is 10.1. The highest BCUT2D eigenvalue weighted by Gasteiger charge is 2.35. The van der Waals surface area contributed by atoms with Crippen LogP contribution in [0.5, 0.6) is 0 Å². The molecule has 16 heavy (non-hydrogen) atoms. The van der Waals surface area contributed by atoms with Gasteiger partial charge in [0.1, 0.15) is 0 Å². The molecule has 1 aliphatic heterocycles. The molecule has 1 heterocycles. The highest BCUT2D eigenvalue weighted by molar-refractivity contribution is 9.10. The maximum absolute atomic E-state index is 11.6. The van der Waals surface area contributed by atoms with Crippen LogP contribution in [-0.2, 0) is 4.79 Å². The first kappa shape index (κ1) is 11.1. The van der Waals surface area contributed by atoms with Crippen LogP contribution in [-0.4, -0.2) is 17.0 Å². The Morgan fingerprint density at radius 2 is 2.25 bits per heavy atom. The van der Waals surface area contributed by atoms with Crippen LogP contribution in [0.2, 0.25) is 0 Å². The molecule has 0 spiro atoms. The summed E-state index contributed by atoms with van der Waals surface area (Å²) in [5, 5.41) is 11.6. The molecule has 0 saturated carbocycles. The summed E-state index contributed by atoms with van der Waals surface area (Å²) >= 11 is 3.28. The van der Waals surface area contributed by atoms with Crippen molar-refractivity contribution in [1.82, 2.24) is 5.32 Å². The molecule has 4 nitrogen and oxygen atoms in total. The second-order valence-electron chi connectivity index (χ2n) is 3.81. The van der Waals surface area contributed by atoms with E-state index in [4.69, 9.17) is 5.11 Å². The number of benzene rings is 1. The molecule has 1 aromatic carbocycles. The number of fused-ring (bicyclic) bond motifs is 1. The van der Waals surface area contributed by atoms with Crippen LogP contribution >= 0.6 is 15.9 Å². The van der Waals surface area contributed by atoms with Crippen LogP contribution in [0.4, 0.5) is 0 Å². The molecule has 2 N–H and O–H groups in total. The molecular weight excluding hydrogens is 274 g/mol. The molecule has 0 aliphatic carbocycles. The standard InChI is InChI=1S/C11H10BrNO3/c1-5(11(15)16)9-7-3-2-6(12)4-8(7)10(14)13-9/h2-5,9H,1H3,(H,13,14)(H,15,16). The number of carbonyl (C=O) groups excluding carboxylic acids is 1. The summed E-state index contributed by atoms with van der Waals surface area (Å²) in [6.45, 7) is 1.59. The van der Waals surface area contributed by atoms with Crippen molar-refractivity contribution in [1.29, 1.82) is 0 Å². The van der Waals surface area contributed by atoms with E-state index in [0.29, 0.717) is 5.56 Å². The van der Waals surface area contributed by atoms with Crippen molar-refractivity contribution < 1.29 is 14.7 Å². The van der Waals surface area contributed by atoms with E-state index >= 15 is 0 Å². The third-order valence-corrected chi connectivity index (χ3v) is 3.26. The predicted molar refractivity (Wildman–Crippen MR) is 61.1 cm³/mol. The second kappa shape index (κ2) is 3.90. The molecule has 2 unspecified atom stereocenters. The molecule has 1 aliphatic rings. The van der Waals surface area contributed by atoms with Crippen molar-refractivity contribution in [3.63, 3.8) is 0 Å². The Hall–Kier alpha value is -1.36. The SMILES string of the molecule is CC(C(=O)O)C1NC(=O)c2cc(Br)ccc21. The minimum Gasteiger partial charge on any atom is -0.481 e. The van der Waals surface area contributed by atoms with Crippen molar-refractivity contribution in [2.75, 3.05) is 0 Å². The number of carboxylic acids is 1. The van der Waals surface area contributed by atoms with Crippen LogP contribution in [0.25, 0.3) is 0 Å². The van der Waals surface area contributed by atoms with Gasteiger partial charge in [0, 0.05) is 10.0 Å². The Morgan fingerprint density at radius 3 is 2.88 bits per heavy atom. The fourth-order valence-electron chi connectivity index (χ4n) is 1.83. The average Bonchev–Trinajstić information content (AvgIpc) is 2.55. The van der Waals surface area contributed by atoms with Gasteiger partial charge in [-0.2, -0.15) is 0 Å². The van der Waals surface area contributed by atoms with E-state index in [2.05, 4.69) is 21.2 Å². The van der Waals surface area contributed by atoms with Crippen LogP contribution < -0.4 is 5.32 Å². The quantitative estimate of drug-likeness (QED) is 0.872. The Labute approximate surface area is 101 Å². The molecule has 0 aromatic heterocycles. The summed E-state index contributed by atoms with van der Waals surface area (Å²) < 4.78 is 0.810. The smallest absolute Gasteiger partial charge is 0.308 e. The number of nitrogens with one attached hydrogen (secondary N) is 1. The lowest BCUT2D eigenvalue weighted by Gasteiger charge is -2.15. The van der Waals surface area contributed by atoms with Crippen molar-refractivity contribution in [3.8, 4) is 0 Å². The molecule has 0 saturated heterocycles. The molecule has 84 valence electrons. The van der Waals surface area contributed by atoms with E-state index in [1.165, 1.54) is 0 Å². The zero-order chi connectivity index (χ0) is 11.9. The number of carboxylic acid groups (broad SMARTS) is 1. The Morgan fingerprint density at radius 1 is 1.56 bits per heavy atom. The van der Waals surface area contributed by atoms with Crippen LogP contribution in [0, 0.1) is 5.92 Å². The van der Waals surface area contributed by atoms with Gasteiger partial charge in [-0.3, -0.25) is 9.59 Å². The first-order valence-corrected chi connectivity index (χ1v) is 5.63. The minimum absolute atomic E-state index is 0.214. The number of aliphatic carboxylic acids is 1. The molecule has 0 fully saturated rings. The molecule has 0 radical (unpaired) electrons. The molecular formula is C11H10BrNO3. The van der Waals surface area contributed by atoms with Gasteiger partial charge in [0.05, 0.1) is 12.0 Å². The van der Waals surface area contributed by atoms with E-state index in [9.17, 15) is 9.59 Å². The highest BCUT2D eigenvalue weighted by Crippen LogP contribution is 2.32. The molecule has 2 atom stereocenters. The number of rotatable bonds is 2. The maximum Gasteiger partial charge on any atom is 0.308 e. The number of amides is 1. The first-order valence-electron chi connectivity index (χ1n) is 4.84. The van der Waals surface area contributed by atoms with Gasteiger partial charge in [0.2, 0.25) is 0 Å². The third-order valence-electron chi connectivity index (χ3n) is 2.77. The lowest BCUT2D eigenvalue weighted by atomic mass is 9.95. The molecule has 2 rings (SSSR count). The monoisotopic (exact) mass is 283 g/mol. The lowest BCUT2D eigenvalue weighted by molar-refractivity contribution is -0.142. The first-order chi connectivity index (χ1) is 7.50. The summed E-state index contributed by atoms with van der Waals surface area (Å²) in [5.74, 6) is -1.76. The second-order valence-corrected chi connectivity index (χ2v) is 4.73. The van der Waals surface area contributed by atoms with Gasteiger partial charge in [-0.15, -0.1) is 0 Å². The summed E-state index contributed by atoms with van der Waals surface area (Å²) in [6, 6.07) is 4.86. The van der Waals surface area contributed by atoms with Gasteiger partial charge >= 0.3 is 5.97 Å². The fraction of sp³-hybridized carbons (Fsp3) is 0.273. The predicted octanol–water partition coefficient (Wildman–Crippen LogP) is 1.95. The summed E-state index contributed by atoms with van der Waals surface area (Å²) in [4.78, 5) is 22.5. The zero-order valence-electron chi connectivity index (χ0n) is 8.53. The van der Waals surface area contributed by atoms with Crippen LogP contribution in [0.3, 0.4) is 0 Å². The largest absolute Gasteiger partial charge is 0.481 e. The Kier molecular flexibility index (Phi) is 2.71. The van der Waals surface area contributed by atoms with Gasteiger partial charge in [-0.1, -0.05) is 22.0 Å². The molecule has 0 bridgehead atoms. The van der Waals surface area contributed by atoms with Crippen molar-refractivity contribution >= 4 is 27.8 Å². The van der Waals surface area contributed by atoms with Crippen molar-refractivity contribution in [3.05, 3.63) is 33.8 Å². The maximum atomic E-state index is 11.6. The van der Waals surface area contributed by atoms with E-state index in [0.717, 1.165) is 10.0 Å². The summed E-state index contributed by atoms with van der Waals surface area (Å²) in [7, 11) is 0. The average molecular weight is 284 g/mol.